The van der Waals surface area contributed by atoms with Gasteiger partial charge in [-0.15, -0.1) is 0 Å². The number of aryl methyl sites for hydroxylation is 2. The molecule has 2 aromatic rings. The van der Waals surface area contributed by atoms with Crippen molar-refractivity contribution in [2.45, 2.75) is 25.7 Å². The van der Waals surface area contributed by atoms with E-state index < -0.39 is 0 Å². The molecule has 0 atom stereocenters. The van der Waals surface area contributed by atoms with Crippen LogP contribution in [0.3, 0.4) is 0 Å². The van der Waals surface area contributed by atoms with Crippen LogP contribution in [0.1, 0.15) is 24.1 Å². The third kappa shape index (κ3) is 1.54. The molecule has 0 unspecified atom stereocenters. The summed E-state index contributed by atoms with van der Waals surface area (Å²) in [5, 5.41) is 0. The summed E-state index contributed by atoms with van der Waals surface area (Å²) in [6, 6.07) is 1.89. The standard InChI is InChI=1S/C12H12N2O/c1-2-4-11-9(3-1)7-13-12(14-11)10-5-6-15-8-10/h5-8H,1-4H2. The predicted molar refractivity (Wildman–Crippen MR) is 56.4 cm³/mol. The van der Waals surface area contributed by atoms with Gasteiger partial charge in [0.15, 0.2) is 5.82 Å². The molecule has 15 heavy (non-hydrogen) atoms. The van der Waals surface area contributed by atoms with Crippen LogP contribution in [0.2, 0.25) is 0 Å². The van der Waals surface area contributed by atoms with E-state index in [9.17, 15) is 0 Å². The van der Waals surface area contributed by atoms with Crippen molar-refractivity contribution >= 4 is 0 Å². The highest BCUT2D eigenvalue weighted by atomic mass is 16.3. The Kier molecular flexibility index (Phi) is 2.02. The lowest BCUT2D eigenvalue weighted by molar-refractivity contribution is 0.568. The molecule has 1 aliphatic rings. The lowest BCUT2D eigenvalue weighted by atomic mass is 9.97. The Morgan fingerprint density at radius 2 is 2.13 bits per heavy atom. The molecule has 3 heteroatoms. The van der Waals surface area contributed by atoms with E-state index in [0.29, 0.717) is 0 Å². The summed E-state index contributed by atoms with van der Waals surface area (Å²) < 4.78 is 5.03. The highest BCUT2D eigenvalue weighted by Gasteiger charge is 2.12. The maximum atomic E-state index is 5.03. The number of rotatable bonds is 1. The summed E-state index contributed by atoms with van der Waals surface area (Å²) in [5.74, 6) is 0.782. The monoisotopic (exact) mass is 200 g/mol. The van der Waals surface area contributed by atoms with E-state index in [1.165, 1.54) is 24.1 Å². The minimum Gasteiger partial charge on any atom is -0.472 e. The number of fused-ring (bicyclic) bond motifs is 1. The Labute approximate surface area is 88.2 Å². The van der Waals surface area contributed by atoms with Gasteiger partial charge >= 0.3 is 0 Å². The van der Waals surface area contributed by atoms with Crippen LogP contribution in [0.25, 0.3) is 11.4 Å². The van der Waals surface area contributed by atoms with E-state index in [4.69, 9.17) is 4.42 Å². The van der Waals surface area contributed by atoms with E-state index in [0.717, 1.165) is 24.2 Å². The highest BCUT2D eigenvalue weighted by Crippen LogP contribution is 2.22. The van der Waals surface area contributed by atoms with E-state index >= 15 is 0 Å². The number of hydrogen-bond donors (Lipinski definition) is 0. The molecule has 0 radical (unpaired) electrons. The minimum atomic E-state index is 0.782. The zero-order chi connectivity index (χ0) is 10.1. The molecular formula is C12H12N2O. The highest BCUT2D eigenvalue weighted by molar-refractivity contribution is 5.52. The second-order valence-electron chi connectivity index (χ2n) is 3.88. The van der Waals surface area contributed by atoms with Crippen LogP contribution >= 0.6 is 0 Å². The Balaban J connectivity index is 2.04. The fourth-order valence-electron chi connectivity index (χ4n) is 2.01. The van der Waals surface area contributed by atoms with Gasteiger partial charge in [0, 0.05) is 11.9 Å². The summed E-state index contributed by atoms with van der Waals surface area (Å²) in [6.07, 6.45) is 10.0. The molecule has 3 rings (SSSR count). The van der Waals surface area contributed by atoms with E-state index in [1.54, 1.807) is 12.5 Å². The fourth-order valence-corrected chi connectivity index (χ4v) is 2.01. The minimum absolute atomic E-state index is 0.782. The van der Waals surface area contributed by atoms with Gasteiger partial charge in [0.05, 0.1) is 11.8 Å². The average molecular weight is 200 g/mol. The molecule has 0 saturated carbocycles. The fraction of sp³-hybridized carbons (Fsp3) is 0.333. The molecule has 1 aliphatic carbocycles. The number of furan rings is 1. The molecule has 0 spiro atoms. The van der Waals surface area contributed by atoms with Crippen LogP contribution in [0, 0.1) is 0 Å². The second kappa shape index (κ2) is 3.50. The van der Waals surface area contributed by atoms with Crippen molar-refractivity contribution in [3.8, 4) is 11.4 Å². The maximum Gasteiger partial charge on any atom is 0.162 e. The van der Waals surface area contributed by atoms with Gasteiger partial charge in [-0.1, -0.05) is 0 Å². The zero-order valence-corrected chi connectivity index (χ0v) is 8.44. The van der Waals surface area contributed by atoms with Crippen molar-refractivity contribution in [1.29, 1.82) is 0 Å². The van der Waals surface area contributed by atoms with Gasteiger partial charge in [0.2, 0.25) is 0 Å². The molecule has 2 aromatic heterocycles. The van der Waals surface area contributed by atoms with Gasteiger partial charge in [-0.3, -0.25) is 0 Å². The first-order valence-corrected chi connectivity index (χ1v) is 5.31. The quantitative estimate of drug-likeness (QED) is 0.710. The molecule has 0 N–H and O–H groups in total. The molecule has 0 bridgehead atoms. The lowest BCUT2D eigenvalue weighted by Crippen LogP contribution is -2.07. The first-order valence-electron chi connectivity index (χ1n) is 5.31. The third-order valence-corrected chi connectivity index (χ3v) is 2.84. The summed E-state index contributed by atoms with van der Waals surface area (Å²) >= 11 is 0. The number of nitrogens with zero attached hydrogens (tertiary/aromatic N) is 2. The van der Waals surface area contributed by atoms with E-state index in [1.807, 2.05) is 12.3 Å². The third-order valence-electron chi connectivity index (χ3n) is 2.84. The normalized spacial score (nSPS) is 14.9. The van der Waals surface area contributed by atoms with Crippen molar-refractivity contribution in [3.05, 3.63) is 36.0 Å². The second-order valence-corrected chi connectivity index (χ2v) is 3.88. The SMILES string of the molecule is c1cc(-c2ncc3c(n2)CCCC3)co1. The van der Waals surface area contributed by atoms with Gasteiger partial charge in [0.1, 0.15) is 6.26 Å². The van der Waals surface area contributed by atoms with Crippen LogP contribution in [-0.2, 0) is 12.8 Å². The summed E-state index contributed by atoms with van der Waals surface area (Å²) in [6.45, 7) is 0. The molecule has 0 aliphatic heterocycles. The molecule has 0 fully saturated rings. The van der Waals surface area contributed by atoms with Crippen molar-refractivity contribution in [2.24, 2.45) is 0 Å². The van der Waals surface area contributed by atoms with E-state index in [2.05, 4.69) is 9.97 Å². The molecule has 2 heterocycles. The lowest BCUT2D eigenvalue weighted by Gasteiger charge is -2.14. The number of aromatic nitrogens is 2. The van der Waals surface area contributed by atoms with Gasteiger partial charge in [-0.2, -0.15) is 0 Å². The molecule has 0 aromatic carbocycles. The summed E-state index contributed by atoms with van der Waals surface area (Å²) in [4.78, 5) is 8.95. The summed E-state index contributed by atoms with van der Waals surface area (Å²) in [5.41, 5.74) is 3.49. The average Bonchev–Trinajstić information content (AvgIpc) is 2.82. The van der Waals surface area contributed by atoms with Crippen LogP contribution in [0.5, 0.6) is 0 Å². The molecular weight excluding hydrogens is 188 g/mol. The zero-order valence-electron chi connectivity index (χ0n) is 8.44. The molecule has 3 nitrogen and oxygen atoms in total. The molecule has 0 amide bonds. The van der Waals surface area contributed by atoms with Gasteiger partial charge < -0.3 is 4.42 Å². The van der Waals surface area contributed by atoms with Gasteiger partial charge in [-0.05, 0) is 37.3 Å². The smallest absolute Gasteiger partial charge is 0.162 e. The molecule has 76 valence electrons. The summed E-state index contributed by atoms with van der Waals surface area (Å²) in [7, 11) is 0. The van der Waals surface area contributed by atoms with Crippen molar-refractivity contribution in [3.63, 3.8) is 0 Å². The van der Waals surface area contributed by atoms with Crippen molar-refractivity contribution in [1.82, 2.24) is 9.97 Å². The number of hydrogen-bond acceptors (Lipinski definition) is 3. The maximum absolute atomic E-state index is 5.03. The Morgan fingerprint density at radius 1 is 1.20 bits per heavy atom. The van der Waals surface area contributed by atoms with Crippen LogP contribution < -0.4 is 0 Å². The predicted octanol–water partition coefficient (Wildman–Crippen LogP) is 2.62. The van der Waals surface area contributed by atoms with Crippen molar-refractivity contribution < 1.29 is 4.42 Å². The Morgan fingerprint density at radius 3 is 3.00 bits per heavy atom. The topological polar surface area (TPSA) is 38.9 Å². The van der Waals surface area contributed by atoms with Crippen molar-refractivity contribution in [2.75, 3.05) is 0 Å². The first-order chi connectivity index (χ1) is 7.43. The largest absolute Gasteiger partial charge is 0.472 e. The van der Waals surface area contributed by atoms with Gasteiger partial charge in [-0.25, -0.2) is 9.97 Å². The van der Waals surface area contributed by atoms with Gasteiger partial charge in [0.25, 0.3) is 0 Å². The first kappa shape index (κ1) is 8.65. The Bertz CT molecular complexity index is 462. The van der Waals surface area contributed by atoms with E-state index in [-0.39, 0.29) is 0 Å². The van der Waals surface area contributed by atoms with Crippen LogP contribution in [0.15, 0.2) is 29.2 Å². The van der Waals surface area contributed by atoms with Crippen LogP contribution in [-0.4, -0.2) is 9.97 Å². The van der Waals surface area contributed by atoms with Crippen LogP contribution in [0.4, 0.5) is 0 Å². The molecule has 0 saturated heterocycles. The Hall–Kier alpha value is -1.64.